The van der Waals surface area contributed by atoms with Gasteiger partial charge < -0.3 is 10.3 Å². The van der Waals surface area contributed by atoms with Crippen LogP contribution >= 0.6 is 12.6 Å². The maximum Gasteiger partial charge on any atom is 0.312 e. The first-order valence-electron chi connectivity index (χ1n) is 3.98. The number of halogens is 1. The number of hydrogen-bond donors (Lipinski definition) is 3. The van der Waals surface area contributed by atoms with Crippen LogP contribution in [0.4, 0.5) is 10.2 Å². The number of imidazole rings is 1. The molecule has 2 aromatic rings. The predicted octanol–water partition coefficient (Wildman–Crippen LogP) is 1.18. The number of fused-ring (bicyclic) bond motifs is 1. The number of nitrogens with one attached hydrogen (secondary N) is 2. The average molecular weight is 213 g/mol. The van der Waals surface area contributed by atoms with Gasteiger partial charge in [0.15, 0.2) is 11.5 Å². The average Bonchev–Trinajstić information content (AvgIpc) is 2.50. The number of thiol groups is 1. The van der Waals surface area contributed by atoms with Gasteiger partial charge in [-0.05, 0) is 6.92 Å². The lowest BCUT2D eigenvalue weighted by Crippen LogP contribution is -2.10. The molecule has 7 heteroatoms. The summed E-state index contributed by atoms with van der Waals surface area (Å²) in [5.74, 6) is 0.368. The lowest BCUT2D eigenvalue weighted by atomic mass is 10.5. The Morgan fingerprint density at radius 2 is 2.36 bits per heavy atom. The minimum atomic E-state index is -0.805. The Hall–Kier alpha value is -1.37. The minimum Gasteiger partial charge on any atom is -0.357 e. The minimum absolute atomic E-state index is 0.129. The molecular formula is C7H8FN5S. The maximum absolute atomic E-state index is 12.9. The predicted molar refractivity (Wildman–Crippen MR) is 53.7 cm³/mol. The van der Waals surface area contributed by atoms with Crippen LogP contribution in [0.2, 0.25) is 0 Å². The Morgan fingerprint density at radius 3 is 3.07 bits per heavy atom. The molecule has 0 aromatic carbocycles. The van der Waals surface area contributed by atoms with E-state index in [-0.39, 0.29) is 5.37 Å². The number of anilines is 1. The van der Waals surface area contributed by atoms with E-state index in [2.05, 4.69) is 37.9 Å². The van der Waals surface area contributed by atoms with Gasteiger partial charge in [0.05, 0.1) is 11.7 Å². The summed E-state index contributed by atoms with van der Waals surface area (Å²) in [6.07, 6.45) is 0.633. The lowest BCUT2D eigenvalue weighted by molar-refractivity contribution is 0.545. The number of aromatic amines is 1. The smallest absolute Gasteiger partial charge is 0.312 e. The van der Waals surface area contributed by atoms with E-state index in [0.29, 0.717) is 17.0 Å². The molecule has 0 fully saturated rings. The maximum atomic E-state index is 12.9. The first-order valence-corrected chi connectivity index (χ1v) is 4.49. The monoisotopic (exact) mass is 213 g/mol. The zero-order chi connectivity index (χ0) is 10.1. The SMILES string of the molecule is C[C@H](S)Nc1nc(F)nc2nc[nH]c12. The summed E-state index contributed by atoms with van der Waals surface area (Å²) in [4.78, 5) is 13.8. The van der Waals surface area contributed by atoms with Crippen LogP contribution in [0.1, 0.15) is 6.92 Å². The summed E-state index contributed by atoms with van der Waals surface area (Å²) in [5, 5.41) is 2.75. The molecule has 2 aromatic heterocycles. The van der Waals surface area contributed by atoms with Crippen molar-refractivity contribution in [3.63, 3.8) is 0 Å². The van der Waals surface area contributed by atoms with Gasteiger partial charge >= 0.3 is 6.08 Å². The Labute approximate surface area is 84.6 Å². The standard InChI is InChI=1S/C7H8FN5S/c1-3(14)11-6-4-5(10-2-9-4)12-7(8)13-6/h2-3,14H,1H3,(H2,9,10,11,12,13)/t3-/m0/s1. The van der Waals surface area contributed by atoms with Crippen molar-refractivity contribution >= 4 is 29.6 Å². The molecule has 0 spiro atoms. The summed E-state index contributed by atoms with van der Waals surface area (Å²) in [6, 6.07) is 0. The van der Waals surface area contributed by atoms with E-state index >= 15 is 0 Å². The van der Waals surface area contributed by atoms with Crippen LogP contribution in [-0.4, -0.2) is 25.3 Å². The van der Waals surface area contributed by atoms with Crippen molar-refractivity contribution < 1.29 is 4.39 Å². The molecule has 0 aliphatic carbocycles. The molecule has 0 aliphatic heterocycles. The van der Waals surface area contributed by atoms with Crippen LogP contribution in [0.25, 0.3) is 11.2 Å². The fourth-order valence-electron chi connectivity index (χ4n) is 1.11. The third-order valence-electron chi connectivity index (χ3n) is 1.60. The molecule has 0 saturated carbocycles. The molecule has 2 heterocycles. The van der Waals surface area contributed by atoms with E-state index in [0.717, 1.165) is 0 Å². The highest BCUT2D eigenvalue weighted by atomic mass is 32.1. The topological polar surface area (TPSA) is 66.5 Å². The summed E-state index contributed by atoms with van der Waals surface area (Å²) < 4.78 is 12.9. The third-order valence-corrected chi connectivity index (χ3v) is 1.73. The fraction of sp³-hybridized carbons (Fsp3) is 0.286. The summed E-state index contributed by atoms with van der Waals surface area (Å²) in [7, 11) is 0. The van der Waals surface area contributed by atoms with E-state index in [1.165, 1.54) is 6.33 Å². The Bertz CT molecular complexity index is 454. The molecular weight excluding hydrogens is 205 g/mol. The molecule has 1 atom stereocenters. The van der Waals surface area contributed by atoms with Gasteiger partial charge in [0.2, 0.25) is 0 Å². The normalized spacial score (nSPS) is 13.1. The van der Waals surface area contributed by atoms with Gasteiger partial charge in [-0.3, -0.25) is 0 Å². The number of H-pyrrole nitrogens is 1. The van der Waals surface area contributed by atoms with Crippen molar-refractivity contribution in [3.8, 4) is 0 Å². The van der Waals surface area contributed by atoms with Crippen LogP contribution in [0.5, 0.6) is 0 Å². The lowest BCUT2D eigenvalue weighted by Gasteiger charge is -2.07. The van der Waals surface area contributed by atoms with Crippen molar-refractivity contribution in [1.82, 2.24) is 19.9 Å². The quantitative estimate of drug-likeness (QED) is 0.398. The van der Waals surface area contributed by atoms with E-state index in [1.54, 1.807) is 0 Å². The van der Waals surface area contributed by atoms with Crippen LogP contribution < -0.4 is 5.32 Å². The molecule has 14 heavy (non-hydrogen) atoms. The van der Waals surface area contributed by atoms with Gasteiger partial charge in [-0.2, -0.15) is 27.0 Å². The van der Waals surface area contributed by atoms with Gasteiger partial charge in [0.1, 0.15) is 5.52 Å². The molecule has 2 rings (SSSR count). The van der Waals surface area contributed by atoms with Crippen LogP contribution in [-0.2, 0) is 0 Å². The van der Waals surface area contributed by atoms with E-state index in [1.807, 2.05) is 6.92 Å². The van der Waals surface area contributed by atoms with Crippen molar-refractivity contribution in [2.24, 2.45) is 0 Å². The Kier molecular flexibility index (Phi) is 2.24. The fourth-order valence-corrected chi connectivity index (χ4v) is 1.23. The van der Waals surface area contributed by atoms with Crippen LogP contribution in [0.3, 0.4) is 0 Å². The second-order valence-corrected chi connectivity index (χ2v) is 3.54. The summed E-state index contributed by atoms with van der Waals surface area (Å²) in [5.41, 5.74) is 0.876. The second kappa shape index (κ2) is 3.41. The Balaban J connectivity index is 2.55. The summed E-state index contributed by atoms with van der Waals surface area (Å²) >= 11 is 4.12. The molecule has 5 nitrogen and oxygen atoms in total. The highest BCUT2D eigenvalue weighted by molar-refractivity contribution is 7.81. The van der Waals surface area contributed by atoms with Crippen molar-refractivity contribution in [2.75, 3.05) is 5.32 Å². The molecule has 2 N–H and O–H groups in total. The Morgan fingerprint density at radius 1 is 1.57 bits per heavy atom. The molecule has 0 bridgehead atoms. The molecule has 0 amide bonds. The largest absolute Gasteiger partial charge is 0.357 e. The van der Waals surface area contributed by atoms with Crippen molar-refractivity contribution in [1.29, 1.82) is 0 Å². The highest BCUT2D eigenvalue weighted by Gasteiger charge is 2.09. The van der Waals surface area contributed by atoms with Gasteiger partial charge in [-0.1, -0.05) is 0 Å². The van der Waals surface area contributed by atoms with Gasteiger partial charge in [-0.25, -0.2) is 4.98 Å². The molecule has 0 radical (unpaired) electrons. The van der Waals surface area contributed by atoms with E-state index in [9.17, 15) is 4.39 Å². The van der Waals surface area contributed by atoms with Gasteiger partial charge in [0.25, 0.3) is 0 Å². The van der Waals surface area contributed by atoms with Crippen LogP contribution in [0.15, 0.2) is 6.33 Å². The van der Waals surface area contributed by atoms with Crippen molar-refractivity contribution in [3.05, 3.63) is 12.4 Å². The number of aromatic nitrogens is 4. The zero-order valence-electron chi connectivity index (χ0n) is 7.32. The summed E-state index contributed by atoms with van der Waals surface area (Å²) in [6.45, 7) is 1.81. The number of rotatable bonds is 2. The molecule has 0 unspecified atom stereocenters. The first kappa shape index (κ1) is 9.20. The second-order valence-electron chi connectivity index (χ2n) is 2.76. The van der Waals surface area contributed by atoms with Gasteiger partial charge in [0, 0.05) is 0 Å². The van der Waals surface area contributed by atoms with Gasteiger partial charge in [-0.15, -0.1) is 0 Å². The first-order chi connectivity index (χ1) is 6.66. The van der Waals surface area contributed by atoms with E-state index < -0.39 is 6.08 Å². The number of nitrogens with zero attached hydrogens (tertiary/aromatic N) is 3. The highest BCUT2D eigenvalue weighted by Crippen LogP contribution is 2.17. The molecule has 0 saturated heterocycles. The van der Waals surface area contributed by atoms with Crippen molar-refractivity contribution in [2.45, 2.75) is 12.3 Å². The van der Waals surface area contributed by atoms with Crippen LogP contribution in [0, 0.1) is 6.08 Å². The molecule has 0 aliphatic rings. The molecule has 74 valence electrons. The number of hydrogen-bond acceptors (Lipinski definition) is 5. The van der Waals surface area contributed by atoms with E-state index in [4.69, 9.17) is 0 Å². The zero-order valence-corrected chi connectivity index (χ0v) is 8.22. The third kappa shape index (κ3) is 1.63.